The lowest BCUT2D eigenvalue weighted by atomic mass is 10.1. The topological polar surface area (TPSA) is 6.48 Å². The van der Waals surface area contributed by atoms with Gasteiger partial charge in [0.25, 0.3) is 0 Å². The third-order valence-electron chi connectivity index (χ3n) is 2.65. The molecule has 0 aliphatic carbocycles. The van der Waals surface area contributed by atoms with Crippen LogP contribution < -0.4 is 0 Å². The monoisotopic (exact) mass is 156 g/mol. The molecular weight excluding hydrogens is 136 g/mol. The van der Waals surface area contributed by atoms with Crippen molar-refractivity contribution in [3.05, 3.63) is 0 Å². The second kappa shape index (κ2) is 4.07. The Bertz CT molecular complexity index is 112. The van der Waals surface area contributed by atoms with Gasteiger partial charge in [0.1, 0.15) is 0 Å². The minimum absolute atomic E-state index is 0.819. The van der Waals surface area contributed by atoms with Gasteiger partial charge in [0.15, 0.2) is 0 Å². The van der Waals surface area contributed by atoms with Crippen LogP contribution in [-0.4, -0.2) is 50.1 Å². The van der Waals surface area contributed by atoms with E-state index in [1.807, 2.05) is 0 Å². The smallest absolute Gasteiger partial charge is 0.0102 e. The molecule has 0 amide bonds. The summed E-state index contributed by atoms with van der Waals surface area (Å²) in [6, 6.07) is 0.819. The van der Waals surface area contributed by atoms with Crippen LogP contribution in [0, 0.1) is 0 Å². The van der Waals surface area contributed by atoms with E-state index in [2.05, 4.69) is 30.9 Å². The molecule has 0 radical (unpaired) electrons. The first kappa shape index (κ1) is 9.01. The molecule has 1 aliphatic heterocycles. The van der Waals surface area contributed by atoms with E-state index in [1.54, 1.807) is 0 Å². The maximum Gasteiger partial charge on any atom is 0.0102 e. The molecule has 0 bridgehead atoms. The SMILES string of the molecule is CN1CCCC(N(C)C)CC1. The van der Waals surface area contributed by atoms with Crippen molar-refractivity contribution in [1.29, 1.82) is 0 Å². The van der Waals surface area contributed by atoms with Gasteiger partial charge in [-0.2, -0.15) is 0 Å². The molecule has 1 fully saturated rings. The zero-order valence-corrected chi connectivity index (χ0v) is 8.01. The molecule has 2 nitrogen and oxygen atoms in total. The van der Waals surface area contributed by atoms with Gasteiger partial charge in [0.2, 0.25) is 0 Å². The van der Waals surface area contributed by atoms with Crippen LogP contribution in [0.25, 0.3) is 0 Å². The third-order valence-corrected chi connectivity index (χ3v) is 2.65. The molecule has 11 heavy (non-hydrogen) atoms. The zero-order chi connectivity index (χ0) is 8.27. The molecule has 0 aromatic heterocycles. The molecule has 0 aromatic rings. The lowest BCUT2D eigenvalue weighted by molar-refractivity contribution is 0.262. The van der Waals surface area contributed by atoms with Crippen LogP contribution in [0.5, 0.6) is 0 Å². The first-order valence-electron chi connectivity index (χ1n) is 4.55. The number of hydrogen-bond acceptors (Lipinski definition) is 2. The Balaban J connectivity index is 2.34. The molecule has 2 heteroatoms. The highest BCUT2D eigenvalue weighted by Gasteiger charge is 2.15. The summed E-state index contributed by atoms with van der Waals surface area (Å²) >= 11 is 0. The van der Waals surface area contributed by atoms with Crippen molar-refractivity contribution in [2.45, 2.75) is 25.3 Å². The lowest BCUT2D eigenvalue weighted by Crippen LogP contribution is -2.28. The average molecular weight is 156 g/mol. The zero-order valence-electron chi connectivity index (χ0n) is 8.01. The summed E-state index contributed by atoms with van der Waals surface area (Å²) in [5, 5.41) is 0. The van der Waals surface area contributed by atoms with Crippen LogP contribution in [0.3, 0.4) is 0 Å². The maximum absolute atomic E-state index is 2.43. The molecule has 1 unspecified atom stereocenters. The summed E-state index contributed by atoms with van der Waals surface area (Å²) in [6.07, 6.45) is 4.07. The minimum atomic E-state index is 0.819. The molecule has 66 valence electrons. The van der Waals surface area contributed by atoms with Gasteiger partial charge in [-0.25, -0.2) is 0 Å². The van der Waals surface area contributed by atoms with Crippen molar-refractivity contribution in [2.75, 3.05) is 34.2 Å². The van der Waals surface area contributed by atoms with Crippen LogP contribution in [0.1, 0.15) is 19.3 Å². The molecule has 0 spiro atoms. The molecule has 1 heterocycles. The Morgan fingerprint density at radius 3 is 2.55 bits per heavy atom. The molecule has 0 aromatic carbocycles. The quantitative estimate of drug-likeness (QED) is 0.559. The van der Waals surface area contributed by atoms with Gasteiger partial charge < -0.3 is 9.80 Å². The van der Waals surface area contributed by atoms with Crippen molar-refractivity contribution in [3.63, 3.8) is 0 Å². The summed E-state index contributed by atoms with van der Waals surface area (Å²) in [5.41, 5.74) is 0. The highest BCUT2D eigenvalue weighted by molar-refractivity contribution is 4.72. The van der Waals surface area contributed by atoms with Gasteiger partial charge in [-0.15, -0.1) is 0 Å². The summed E-state index contributed by atoms with van der Waals surface area (Å²) in [6.45, 7) is 2.55. The van der Waals surface area contributed by atoms with Crippen LogP contribution >= 0.6 is 0 Å². The predicted molar refractivity (Wildman–Crippen MR) is 48.8 cm³/mol. The number of likely N-dealkylation sites (tertiary alicyclic amines) is 1. The van der Waals surface area contributed by atoms with E-state index in [0.29, 0.717) is 0 Å². The number of nitrogens with zero attached hydrogens (tertiary/aromatic N) is 2. The summed E-state index contributed by atoms with van der Waals surface area (Å²) in [5.74, 6) is 0. The molecule has 0 N–H and O–H groups in total. The van der Waals surface area contributed by atoms with Gasteiger partial charge >= 0.3 is 0 Å². The Hall–Kier alpha value is -0.0800. The van der Waals surface area contributed by atoms with E-state index in [9.17, 15) is 0 Å². The van der Waals surface area contributed by atoms with E-state index in [0.717, 1.165) is 6.04 Å². The van der Waals surface area contributed by atoms with Crippen molar-refractivity contribution >= 4 is 0 Å². The average Bonchev–Trinajstić information content (AvgIpc) is 2.13. The first-order chi connectivity index (χ1) is 5.20. The Morgan fingerprint density at radius 2 is 1.91 bits per heavy atom. The molecule has 1 aliphatic rings. The lowest BCUT2D eigenvalue weighted by Gasteiger charge is -2.22. The third kappa shape index (κ3) is 2.80. The predicted octanol–water partition coefficient (Wildman–Crippen LogP) is 1.03. The fourth-order valence-electron chi connectivity index (χ4n) is 1.74. The van der Waals surface area contributed by atoms with Crippen LogP contribution in [-0.2, 0) is 0 Å². The van der Waals surface area contributed by atoms with Crippen molar-refractivity contribution < 1.29 is 0 Å². The highest BCUT2D eigenvalue weighted by Crippen LogP contribution is 2.12. The van der Waals surface area contributed by atoms with Crippen molar-refractivity contribution in [1.82, 2.24) is 9.80 Å². The van der Waals surface area contributed by atoms with Crippen LogP contribution in [0.2, 0.25) is 0 Å². The Kier molecular flexibility index (Phi) is 3.34. The normalized spacial score (nSPS) is 28.9. The van der Waals surface area contributed by atoms with Gasteiger partial charge in [-0.3, -0.25) is 0 Å². The maximum atomic E-state index is 2.43. The standard InChI is InChI=1S/C9H20N2/c1-10(2)9-5-4-7-11(3)8-6-9/h9H,4-8H2,1-3H3. The number of rotatable bonds is 1. The van der Waals surface area contributed by atoms with Crippen LogP contribution in [0.4, 0.5) is 0 Å². The summed E-state index contributed by atoms with van der Waals surface area (Å²) in [7, 11) is 6.60. The molecular formula is C9H20N2. The minimum Gasteiger partial charge on any atom is -0.306 e. The van der Waals surface area contributed by atoms with E-state index in [-0.39, 0.29) is 0 Å². The van der Waals surface area contributed by atoms with Gasteiger partial charge in [-0.1, -0.05) is 0 Å². The Morgan fingerprint density at radius 1 is 1.18 bits per heavy atom. The highest BCUT2D eigenvalue weighted by atomic mass is 15.1. The number of hydrogen-bond donors (Lipinski definition) is 0. The second-order valence-corrected chi connectivity index (χ2v) is 3.85. The van der Waals surface area contributed by atoms with Gasteiger partial charge in [-0.05, 0) is 53.5 Å². The summed E-state index contributed by atoms with van der Waals surface area (Å²) in [4.78, 5) is 4.79. The molecule has 1 atom stereocenters. The fourth-order valence-corrected chi connectivity index (χ4v) is 1.74. The molecule has 0 saturated carbocycles. The molecule has 1 saturated heterocycles. The van der Waals surface area contributed by atoms with Crippen LogP contribution in [0.15, 0.2) is 0 Å². The van der Waals surface area contributed by atoms with Crippen molar-refractivity contribution in [3.8, 4) is 0 Å². The van der Waals surface area contributed by atoms with E-state index in [1.165, 1.54) is 32.4 Å². The second-order valence-electron chi connectivity index (χ2n) is 3.85. The van der Waals surface area contributed by atoms with E-state index >= 15 is 0 Å². The van der Waals surface area contributed by atoms with E-state index in [4.69, 9.17) is 0 Å². The Labute approximate surface area is 70.2 Å². The van der Waals surface area contributed by atoms with Gasteiger partial charge in [0, 0.05) is 6.04 Å². The van der Waals surface area contributed by atoms with Gasteiger partial charge in [0.05, 0.1) is 0 Å². The fraction of sp³-hybridized carbons (Fsp3) is 1.00. The van der Waals surface area contributed by atoms with E-state index < -0.39 is 0 Å². The molecule has 1 rings (SSSR count). The largest absolute Gasteiger partial charge is 0.306 e. The van der Waals surface area contributed by atoms with Crippen molar-refractivity contribution in [2.24, 2.45) is 0 Å². The summed E-state index contributed by atoms with van der Waals surface area (Å²) < 4.78 is 0. The first-order valence-corrected chi connectivity index (χ1v) is 4.55.